The molecule has 0 unspecified atom stereocenters. The molecule has 3 rings (SSSR count). The molecule has 22 heavy (non-hydrogen) atoms. The Bertz CT molecular complexity index is 743. The first kappa shape index (κ1) is 14.7. The number of ether oxygens (including phenoxy) is 2. The third-order valence-electron chi connectivity index (χ3n) is 3.67. The van der Waals surface area contributed by atoms with Crippen LogP contribution in [0.3, 0.4) is 0 Å². The van der Waals surface area contributed by atoms with Crippen LogP contribution in [0.5, 0.6) is 11.5 Å². The first-order valence-corrected chi connectivity index (χ1v) is 7.36. The number of fused-ring (bicyclic) bond motifs is 1. The van der Waals surface area contributed by atoms with E-state index in [0.717, 1.165) is 5.56 Å². The van der Waals surface area contributed by atoms with E-state index in [2.05, 4.69) is 5.32 Å². The summed E-state index contributed by atoms with van der Waals surface area (Å²) < 4.78 is 10.5. The Kier molecular flexibility index (Phi) is 3.94. The molecule has 1 heterocycles. The Hall–Kier alpha value is -2.20. The van der Waals surface area contributed by atoms with Crippen LogP contribution >= 0.6 is 11.6 Å². The Morgan fingerprint density at radius 2 is 1.86 bits per heavy atom. The molecule has 0 saturated heterocycles. The molecule has 0 aliphatic carbocycles. The number of rotatable bonds is 3. The largest absolute Gasteiger partial charge is 0.454 e. The molecular formula is C17H16ClNO3. The molecule has 1 N–H and O–H groups in total. The zero-order valence-corrected chi connectivity index (χ0v) is 13.2. The van der Waals surface area contributed by atoms with Crippen LogP contribution in [0.2, 0.25) is 5.02 Å². The summed E-state index contributed by atoms with van der Waals surface area (Å²) in [5.41, 5.74) is 3.88. The molecule has 114 valence electrons. The van der Waals surface area contributed by atoms with Gasteiger partial charge in [0, 0.05) is 12.1 Å². The number of halogens is 1. The van der Waals surface area contributed by atoms with E-state index in [1.54, 1.807) is 12.1 Å². The number of amides is 1. The molecule has 0 fully saturated rings. The van der Waals surface area contributed by atoms with Gasteiger partial charge in [-0.3, -0.25) is 4.79 Å². The fraction of sp³-hybridized carbons (Fsp3) is 0.235. The van der Waals surface area contributed by atoms with Crippen molar-refractivity contribution in [1.29, 1.82) is 0 Å². The van der Waals surface area contributed by atoms with Gasteiger partial charge in [0.1, 0.15) is 0 Å². The predicted molar refractivity (Wildman–Crippen MR) is 85.8 cm³/mol. The zero-order chi connectivity index (χ0) is 15.7. The van der Waals surface area contributed by atoms with Gasteiger partial charge in [-0.1, -0.05) is 29.8 Å². The molecule has 1 amide bonds. The Morgan fingerprint density at radius 1 is 1.14 bits per heavy atom. The van der Waals surface area contributed by atoms with Crippen molar-refractivity contribution in [2.75, 3.05) is 12.1 Å². The highest BCUT2D eigenvalue weighted by atomic mass is 35.5. The number of carbonyl (C=O) groups is 1. The van der Waals surface area contributed by atoms with E-state index >= 15 is 0 Å². The van der Waals surface area contributed by atoms with E-state index in [-0.39, 0.29) is 12.7 Å². The lowest BCUT2D eigenvalue weighted by Gasteiger charge is -2.09. The zero-order valence-electron chi connectivity index (χ0n) is 12.4. The van der Waals surface area contributed by atoms with Gasteiger partial charge in [0.05, 0.1) is 17.1 Å². The number of anilines is 1. The van der Waals surface area contributed by atoms with E-state index in [9.17, 15) is 4.79 Å². The van der Waals surface area contributed by atoms with Crippen LogP contribution in [0.4, 0.5) is 5.69 Å². The van der Waals surface area contributed by atoms with Gasteiger partial charge in [-0.2, -0.15) is 0 Å². The summed E-state index contributed by atoms with van der Waals surface area (Å²) in [4.78, 5) is 12.2. The average Bonchev–Trinajstić information content (AvgIpc) is 2.90. The normalized spacial score (nSPS) is 12.3. The third kappa shape index (κ3) is 3.02. The van der Waals surface area contributed by atoms with Crippen molar-refractivity contribution in [2.24, 2.45) is 0 Å². The number of carbonyl (C=O) groups excluding carboxylic acids is 1. The second kappa shape index (κ2) is 5.89. The fourth-order valence-electron chi connectivity index (χ4n) is 2.31. The first-order chi connectivity index (χ1) is 10.5. The molecule has 0 saturated carbocycles. The summed E-state index contributed by atoms with van der Waals surface area (Å²) in [6.07, 6.45) is 0.298. The summed E-state index contributed by atoms with van der Waals surface area (Å²) in [6.45, 7) is 4.25. The predicted octanol–water partition coefficient (Wildman–Crippen LogP) is 3.87. The highest BCUT2D eigenvalue weighted by molar-refractivity contribution is 6.34. The van der Waals surface area contributed by atoms with Crippen LogP contribution in [-0.2, 0) is 11.2 Å². The van der Waals surface area contributed by atoms with Crippen LogP contribution in [-0.4, -0.2) is 12.7 Å². The van der Waals surface area contributed by atoms with Crippen molar-refractivity contribution in [1.82, 2.24) is 0 Å². The smallest absolute Gasteiger partial charge is 0.231 e. The van der Waals surface area contributed by atoms with E-state index in [0.29, 0.717) is 28.6 Å². The molecule has 4 nitrogen and oxygen atoms in total. The third-order valence-corrected chi connectivity index (χ3v) is 3.99. The van der Waals surface area contributed by atoms with Crippen molar-refractivity contribution in [3.05, 3.63) is 52.0 Å². The minimum absolute atomic E-state index is 0.121. The molecule has 2 aromatic rings. The van der Waals surface area contributed by atoms with Crippen molar-refractivity contribution in [2.45, 2.75) is 20.3 Å². The molecule has 1 aliphatic rings. The van der Waals surface area contributed by atoms with Gasteiger partial charge in [0.2, 0.25) is 12.7 Å². The standard InChI is InChI=1S/C17H16ClNO3/c1-10-3-4-12(5-11(10)2)6-17(20)19-14-8-16-15(7-13(14)18)21-9-22-16/h3-5,7-8H,6,9H2,1-2H3,(H,19,20). The molecule has 2 aromatic carbocycles. The molecule has 5 heteroatoms. The molecule has 0 radical (unpaired) electrons. The van der Waals surface area contributed by atoms with Gasteiger partial charge in [-0.25, -0.2) is 0 Å². The molecule has 0 bridgehead atoms. The van der Waals surface area contributed by atoms with E-state index in [1.165, 1.54) is 11.1 Å². The Morgan fingerprint density at radius 3 is 2.59 bits per heavy atom. The van der Waals surface area contributed by atoms with Crippen LogP contribution in [0.1, 0.15) is 16.7 Å². The second-order valence-electron chi connectivity index (χ2n) is 5.33. The van der Waals surface area contributed by atoms with Gasteiger partial charge >= 0.3 is 0 Å². The quantitative estimate of drug-likeness (QED) is 0.935. The lowest BCUT2D eigenvalue weighted by molar-refractivity contribution is -0.115. The van der Waals surface area contributed by atoms with E-state index in [1.807, 2.05) is 32.0 Å². The minimum atomic E-state index is -0.121. The van der Waals surface area contributed by atoms with Gasteiger partial charge in [-0.15, -0.1) is 0 Å². The van der Waals surface area contributed by atoms with Crippen LogP contribution in [0, 0.1) is 13.8 Å². The molecule has 0 spiro atoms. The Labute approximate surface area is 134 Å². The maximum absolute atomic E-state index is 12.2. The monoisotopic (exact) mass is 317 g/mol. The number of hydrogen-bond acceptors (Lipinski definition) is 3. The Balaban J connectivity index is 1.73. The number of hydrogen-bond donors (Lipinski definition) is 1. The summed E-state index contributed by atoms with van der Waals surface area (Å²) in [6, 6.07) is 9.34. The van der Waals surface area contributed by atoms with Gasteiger partial charge < -0.3 is 14.8 Å². The van der Waals surface area contributed by atoms with Gasteiger partial charge in [-0.05, 0) is 30.5 Å². The molecule has 1 aliphatic heterocycles. The molecule has 0 atom stereocenters. The second-order valence-corrected chi connectivity index (χ2v) is 5.74. The summed E-state index contributed by atoms with van der Waals surface area (Å²) >= 11 is 6.15. The number of nitrogens with one attached hydrogen (secondary N) is 1. The fourth-order valence-corrected chi connectivity index (χ4v) is 2.51. The average molecular weight is 318 g/mol. The molecular weight excluding hydrogens is 302 g/mol. The summed E-state index contributed by atoms with van der Waals surface area (Å²) in [5, 5.41) is 3.24. The molecule has 0 aromatic heterocycles. The highest BCUT2D eigenvalue weighted by Crippen LogP contribution is 2.39. The lowest BCUT2D eigenvalue weighted by atomic mass is 10.0. The SMILES string of the molecule is Cc1ccc(CC(=O)Nc2cc3c(cc2Cl)OCO3)cc1C. The van der Waals surface area contributed by atoms with Crippen LogP contribution in [0.25, 0.3) is 0 Å². The van der Waals surface area contributed by atoms with Gasteiger partial charge in [0.25, 0.3) is 0 Å². The summed E-state index contributed by atoms with van der Waals surface area (Å²) in [5.74, 6) is 1.06. The van der Waals surface area contributed by atoms with E-state index < -0.39 is 0 Å². The first-order valence-electron chi connectivity index (χ1n) is 6.98. The van der Waals surface area contributed by atoms with Crippen LogP contribution in [0.15, 0.2) is 30.3 Å². The van der Waals surface area contributed by atoms with Crippen molar-refractivity contribution >= 4 is 23.2 Å². The number of benzene rings is 2. The minimum Gasteiger partial charge on any atom is -0.454 e. The van der Waals surface area contributed by atoms with E-state index in [4.69, 9.17) is 21.1 Å². The lowest BCUT2D eigenvalue weighted by Crippen LogP contribution is -2.14. The van der Waals surface area contributed by atoms with Crippen molar-refractivity contribution in [3.63, 3.8) is 0 Å². The summed E-state index contributed by atoms with van der Waals surface area (Å²) in [7, 11) is 0. The van der Waals surface area contributed by atoms with Crippen molar-refractivity contribution in [3.8, 4) is 11.5 Å². The maximum atomic E-state index is 12.2. The topological polar surface area (TPSA) is 47.6 Å². The van der Waals surface area contributed by atoms with Gasteiger partial charge in [0.15, 0.2) is 11.5 Å². The van der Waals surface area contributed by atoms with Crippen LogP contribution < -0.4 is 14.8 Å². The highest BCUT2D eigenvalue weighted by Gasteiger charge is 2.17. The number of aryl methyl sites for hydroxylation is 2. The van der Waals surface area contributed by atoms with Crippen molar-refractivity contribution < 1.29 is 14.3 Å². The maximum Gasteiger partial charge on any atom is 0.231 e.